The molecule has 0 aliphatic carbocycles. The van der Waals surface area contributed by atoms with E-state index in [0.29, 0.717) is 34.4 Å². The van der Waals surface area contributed by atoms with Gasteiger partial charge in [0.2, 0.25) is 5.69 Å². The maximum absolute atomic E-state index is 12.6. The Bertz CT molecular complexity index is 1100. The SMILES string of the molecule is Cc1noc(C)c1-n1c(=O)[nH][n+]2c(Cc3ccc(Cl)nc3)cccc12. The lowest BCUT2D eigenvalue weighted by Crippen LogP contribution is -2.31. The minimum absolute atomic E-state index is 0.254. The van der Waals surface area contributed by atoms with E-state index < -0.39 is 0 Å². The molecular formula is C17H15ClN5O2+. The Labute approximate surface area is 147 Å². The minimum Gasteiger partial charge on any atom is -0.357 e. The Morgan fingerprint density at radius 2 is 2.12 bits per heavy atom. The van der Waals surface area contributed by atoms with Gasteiger partial charge in [-0.25, -0.2) is 9.78 Å². The van der Waals surface area contributed by atoms with E-state index in [2.05, 4.69) is 15.2 Å². The molecule has 8 heteroatoms. The molecule has 25 heavy (non-hydrogen) atoms. The first kappa shape index (κ1) is 15.6. The van der Waals surface area contributed by atoms with Crippen LogP contribution in [-0.2, 0) is 6.42 Å². The van der Waals surface area contributed by atoms with Crippen molar-refractivity contribution >= 4 is 17.2 Å². The number of pyridine rings is 2. The fourth-order valence-electron chi connectivity index (χ4n) is 2.97. The quantitative estimate of drug-likeness (QED) is 0.450. The molecule has 0 aliphatic rings. The zero-order chi connectivity index (χ0) is 17.6. The second-order valence-electron chi connectivity index (χ2n) is 5.80. The van der Waals surface area contributed by atoms with Crippen LogP contribution in [0.15, 0.2) is 45.8 Å². The molecule has 0 saturated carbocycles. The van der Waals surface area contributed by atoms with Crippen LogP contribution in [-0.4, -0.2) is 19.8 Å². The molecule has 4 heterocycles. The van der Waals surface area contributed by atoms with Crippen LogP contribution in [0.1, 0.15) is 22.7 Å². The van der Waals surface area contributed by atoms with Crippen molar-refractivity contribution in [2.24, 2.45) is 0 Å². The number of hydrogen-bond acceptors (Lipinski definition) is 4. The van der Waals surface area contributed by atoms with E-state index >= 15 is 0 Å². The molecular weight excluding hydrogens is 342 g/mol. The van der Waals surface area contributed by atoms with Crippen LogP contribution in [0.25, 0.3) is 11.3 Å². The van der Waals surface area contributed by atoms with Crippen molar-refractivity contribution in [1.29, 1.82) is 0 Å². The van der Waals surface area contributed by atoms with Crippen molar-refractivity contribution in [2.75, 3.05) is 0 Å². The molecule has 4 aromatic rings. The molecule has 4 rings (SSSR count). The van der Waals surface area contributed by atoms with E-state index in [9.17, 15) is 4.79 Å². The van der Waals surface area contributed by atoms with Gasteiger partial charge in [-0.2, -0.15) is 0 Å². The summed E-state index contributed by atoms with van der Waals surface area (Å²) in [7, 11) is 0. The lowest BCUT2D eigenvalue weighted by molar-refractivity contribution is -0.587. The third-order valence-electron chi connectivity index (χ3n) is 4.08. The number of rotatable bonds is 3. The third-order valence-corrected chi connectivity index (χ3v) is 4.31. The predicted octanol–water partition coefficient (Wildman–Crippen LogP) is 2.15. The number of nitrogens with one attached hydrogen (secondary N) is 1. The van der Waals surface area contributed by atoms with E-state index in [1.54, 1.807) is 28.3 Å². The average Bonchev–Trinajstić information content (AvgIpc) is 3.09. The first-order chi connectivity index (χ1) is 12.0. The zero-order valence-corrected chi connectivity index (χ0v) is 14.4. The van der Waals surface area contributed by atoms with Crippen LogP contribution in [0.3, 0.4) is 0 Å². The zero-order valence-electron chi connectivity index (χ0n) is 13.7. The maximum Gasteiger partial charge on any atom is 0.450 e. The number of fused-ring (bicyclic) bond motifs is 1. The highest BCUT2D eigenvalue weighted by atomic mass is 35.5. The monoisotopic (exact) mass is 356 g/mol. The van der Waals surface area contributed by atoms with E-state index in [1.807, 2.05) is 31.2 Å². The molecule has 0 bridgehead atoms. The number of nitrogens with zero attached hydrogens (tertiary/aromatic N) is 4. The summed E-state index contributed by atoms with van der Waals surface area (Å²) in [5.41, 5.74) is 3.69. The number of hydrogen-bond donors (Lipinski definition) is 1. The van der Waals surface area contributed by atoms with Gasteiger partial charge in [0.05, 0.1) is 0 Å². The van der Waals surface area contributed by atoms with Gasteiger partial charge in [-0.05, 0) is 24.6 Å². The van der Waals surface area contributed by atoms with Gasteiger partial charge in [0.15, 0.2) is 5.76 Å². The molecule has 1 N–H and O–H groups in total. The average molecular weight is 357 g/mol. The lowest BCUT2D eigenvalue weighted by Gasteiger charge is -2.00. The van der Waals surface area contributed by atoms with Gasteiger partial charge in [-0.1, -0.05) is 28.9 Å². The molecule has 0 aliphatic heterocycles. The summed E-state index contributed by atoms with van der Waals surface area (Å²) in [5, 5.41) is 7.27. The van der Waals surface area contributed by atoms with Crippen molar-refractivity contribution < 1.29 is 9.04 Å². The molecule has 0 spiro atoms. The number of halogens is 1. The van der Waals surface area contributed by atoms with Crippen molar-refractivity contribution in [1.82, 2.24) is 19.8 Å². The Morgan fingerprint density at radius 1 is 1.28 bits per heavy atom. The van der Waals surface area contributed by atoms with Gasteiger partial charge in [0.25, 0.3) is 0 Å². The van der Waals surface area contributed by atoms with Crippen LogP contribution in [0, 0.1) is 13.8 Å². The molecule has 7 nitrogen and oxygen atoms in total. The Kier molecular flexibility index (Phi) is 3.65. The highest BCUT2D eigenvalue weighted by Crippen LogP contribution is 2.18. The number of aromatic nitrogens is 5. The van der Waals surface area contributed by atoms with Crippen LogP contribution in [0.4, 0.5) is 0 Å². The fourth-order valence-corrected chi connectivity index (χ4v) is 3.08. The molecule has 0 atom stereocenters. The second-order valence-corrected chi connectivity index (χ2v) is 6.19. The Morgan fingerprint density at radius 3 is 2.80 bits per heavy atom. The van der Waals surface area contributed by atoms with Gasteiger partial charge in [-0.15, -0.1) is 14.2 Å². The highest BCUT2D eigenvalue weighted by Gasteiger charge is 2.25. The van der Waals surface area contributed by atoms with Crippen LogP contribution < -0.4 is 10.2 Å². The molecule has 0 unspecified atom stereocenters. The highest BCUT2D eigenvalue weighted by molar-refractivity contribution is 6.29. The molecule has 0 amide bonds. The van der Waals surface area contributed by atoms with E-state index in [-0.39, 0.29) is 5.69 Å². The smallest absolute Gasteiger partial charge is 0.357 e. The van der Waals surface area contributed by atoms with E-state index in [0.717, 1.165) is 11.3 Å². The van der Waals surface area contributed by atoms with E-state index in [1.165, 1.54) is 0 Å². The summed E-state index contributed by atoms with van der Waals surface area (Å²) in [4.78, 5) is 16.7. The molecule has 0 radical (unpaired) electrons. The van der Waals surface area contributed by atoms with Gasteiger partial charge in [-0.3, -0.25) is 0 Å². The van der Waals surface area contributed by atoms with Crippen molar-refractivity contribution in [3.63, 3.8) is 0 Å². The standard InChI is InChI=1S/C17H14ClN5O2/c1-10-16(11(2)25-21-10)22-15-5-3-4-13(23(15)20-17(22)24)8-12-6-7-14(18)19-9-12/h3-7,9H,8H2,1-2H3/p+1. The number of aromatic amines is 1. The second kappa shape index (κ2) is 5.86. The summed E-state index contributed by atoms with van der Waals surface area (Å²) in [6.07, 6.45) is 2.33. The van der Waals surface area contributed by atoms with Gasteiger partial charge in [0, 0.05) is 25.6 Å². The van der Waals surface area contributed by atoms with Gasteiger partial charge < -0.3 is 4.52 Å². The van der Waals surface area contributed by atoms with Crippen LogP contribution in [0.5, 0.6) is 0 Å². The minimum atomic E-state index is -0.254. The topological polar surface area (TPSA) is 80.8 Å². The predicted molar refractivity (Wildman–Crippen MR) is 91.1 cm³/mol. The van der Waals surface area contributed by atoms with Crippen molar-refractivity contribution in [3.8, 4) is 5.69 Å². The van der Waals surface area contributed by atoms with Crippen LogP contribution >= 0.6 is 11.6 Å². The largest absolute Gasteiger partial charge is 0.450 e. The molecule has 4 aromatic heterocycles. The van der Waals surface area contributed by atoms with Crippen molar-refractivity contribution in [3.05, 3.63) is 74.9 Å². The summed E-state index contributed by atoms with van der Waals surface area (Å²) in [6.45, 7) is 3.60. The fraction of sp³-hybridized carbons (Fsp3) is 0.176. The first-order valence-corrected chi connectivity index (χ1v) is 8.11. The molecule has 126 valence electrons. The van der Waals surface area contributed by atoms with Crippen LogP contribution in [0.2, 0.25) is 5.15 Å². The third kappa shape index (κ3) is 2.62. The molecule has 0 fully saturated rings. The maximum atomic E-state index is 12.6. The Hall–Kier alpha value is -2.93. The molecule has 0 aromatic carbocycles. The lowest BCUT2D eigenvalue weighted by atomic mass is 10.1. The molecule has 0 saturated heterocycles. The normalized spacial score (nSPS) is 11.3. The summed E-state index contributed by atoms with van der Waals surface area (Å²) >= 11 is 5.84. The first-order valence-electron chi connectivity index (χ1n) is 7.73. The Balaban J connectivity index is 1.88. The van der Waals surface area contributed by atoms with Gasteiger partial charge in [0.1, 0.15) is 16.5 Å². The number of aryl methyl sites for hydroxylation is 2. The summed E-state index contributed by atoms with van der Waals surface area (Å²) < 4.78 is 8.55. The van der Waals surface area contributed by atoms with E-state index in [4.69, 9.17) is 16.1 Å². The van der Waals surface area contributed by atoms with Gasteiger partial charge >= 0.3 is 11.3 Å². The number of H-pyrrole nitrogens is 1. The summed E-state index contributed by atoms with van der Waals surface area (Å²) in [5.74, 6) is 0.591. The van der Waals surface area contributed by atoms with Crippen molar-refractivity contribution in [2.45, 2.75) is 20.3 Å². The summed E-state index contributed by atoms with van der Waals surface area (Å²) in [6, 6.07) is 9.40.